The van der Waals surface area contributed by atoms with Gasteiger partial charge in [-0.1, -0.05) is 6.07 Å². The Bertz CT molecular complexity index is 1140. The molecule has 0 unspecified atom stereocenters. The predicted molar refractivity (Wildman–Crippen MR) is 101 cm³/mol. The minimum absolute atomic E-state index is 0.0763. The Hall–Kier alpha value is -3.06. The third kappa shape index (κ3) is 3.48. The number of hydrogen-bond acceptors (Lipinski definition) is 5. The van der Waals surface area contributed by atoms with E-state index in [1.54, 1.807) is 29.5 Å². The molecule has 0 saturated carbocycles. The monoisotopic (exact) mass is 408 g/mol. The van der Waals surface area contributed by atoms with Gasteiger partial charge in [0.1, 0.15) is 18.1 Å². The van der Waals surface area contributed by atoms with E-state index in [0.29, 0.717) is 11.4 Å². The van der Waals surface area contributed by atoms with E-state index in [1.807, 2.05) is 36.4 Å². The Balaban J connectivity index is 1.59. The number of pyridine rings is 2. The van der Waals surface area contributed by atoms with Crippen molar-refractivity contribution in [1.29, 1.82) is 0 Å². The van der Waals surface area contributed by atoms with Crippen molar-refractivity contribution in [3.8, 4) is 11.4 Å². The van der Waals surface area contributed by atoms with Gasteiger partial charge in [0.2, 0.25) is 5.43 Å². The highest BCUT2D eigenvalue weighted by molar-refractivity contribution is 9.10. The van der Waals surface area contributed by atoms with Crippen LogP contribution in [0.1, 0.15) is 5.69 Å². The molecular weight excluding hydrogens is 396 g/mol. The molecule has 1 aromatic carbocycles. The summed E-state index contributed by atoms with van der Waals surface area (Å²) in [7, 11) is 0. The number of ether oxygens (including phenoxy) is 1. The highest BCUT2D eigenvalue weighted by atomic mass is 79.9. The summed E-state index contributed by atoms with van der Waals surface area (Å²) >= 11 is 3.38. The van der Waals surface area contributed by atoms with Crippen molar-refractivity contribution in [2.24, 2.45) is 0 Å². The number of rotatable bonds is 4. The van der Waals surface area contributed by atoms with Gasteiger partial charge >= 0.3 is 0 Å². The van der Waals surface area contributed by atoms with E-state index < -0.39 is 0 Å². The van der Waals surface area contributed by atoms with Gasteiger partial charge in [-0.3, -0.25) is 14.8 Å². The third-order valence-corrected chi connectivity index (χ3v) is 4.22. The second kappa shape index (κ2) is 7.05. The summed E-state index contributed by atoms with van der Waals surface area (Å²) in [5.41, 5.74) is 1.78. The van der Waals surface area contributed by atoms with Crippen LogP contribution < -0.4 is 10.2 Å². The van der Waals surface area contributed by atoms with Gasteiger partial charge in [-0.25, -0.2) is 4.68 Å². The molecule has 6 nitrogen and oxygen atoms in total. The fourth-order valence-corrected chi connectivity index (χ4v) is 2.86. The van der Waals surface area contributed by atoms with Crippen LogP contribution >= 0.6 is 15.9 Å². The minimum atomic E-state index is -0.174. The Morgan fingerprint density at radius 2 is 2.04 bits per heavy atom. The van der Waals surface area contributed by atoms with Crippen LogP contribution in [0.3, 0.4) is 0 Å². The molecule has 4 aromatic rings. The standard InChI is InChI=1S/C19H13BrN4O2/c20-14-9-15(11-21-10-14)24-7-5-19(25)18(23-24)12-26-16-3-4-17-13(8-16)2-1-6-22-17/h1-11H,12H2. The maximum Gasteiger partial charge on any atom is 0.206 e. The SMILES string of the molecule is O=c1ccn(-c2cncc(Br)c2)nc1COc1ccc2ncccc2c1. The molecule has 0 fully saturated rings. The number of hydrogen-bond donors (Lipinski definition) is 0. The Labute approximate surface area is 157 Å². The molecule has 26 heavy (non-hydrogen) atoms. The highest BCUT2D eigenvalue weighted by Gasteiger charge is 2.07. The zero-order valence-electron chi connectivity index (χ0n) is 13.5. The molecule has 4 rings (SSSR count). The summed E-state index contributed by atoms with van der Waals surface area (Å²) in [5, 5.41) is 5.34. The average molecular weight is 409 g/mol. The van der Waals surface area contributed by atoms with E-state index in [0.717, 1.165) is 21.1 Å². The fraction of sp³-hybridized carbons (Fsp3) is 0.0526. The lowest BCUT2D eigenvalue weighted by Gasteiger charge is -2.09. The van der Waals surface area contributed by atoms with Gasteiger partial charge in [-0.05, 0) is 46.3 Å². The zero-order chi connectivity index (χ0) is 17.9. The fourth-order valence-electron chi connectivity index (χ4n) is 2.51. The predicted octanol–water partition coefficient (Wildman–Crippen LogP) is 3.52. The maximum atomic E-state index is 12.1. The zero-order valence-corrected chi connectivity index (χ0v) is 15.1. The minimum Gasteiger partial charge on any atom is -0.487 e. The van der Waals surface area contributed by atoms with Gasteiger partial charge < -0.3 is 4.74 Å². The van der Waals surface area contributed by atoms with Crippen LogP contribution in [0.2, 0.25) is 0 Å². The molecule has 0 atom stereocenters. The van der Waals surface area contributed by atoms with Crippen molar-refractivity contribution in [1.82, 2.24) is 19.7 Å². The van der Waals surface area contributed by atoms with Gasteiger partial charge in [0.05, 0.1) is 17.4 Å². The molecule has 0 aliphatic rings. The summed E-state index contributed by atoms with van der Waals surface area (Å²) in [4.78, 5) is 20.5. The smallest absolute Gasteiger partial charge is 0.206 e. The van der Waals surface area contributed by atoms with Crippen LogP contribution in [0, 0.1) is 0 Å². The first kappa shape index (κ1) is 16.4. The average Bonchev–Trinajstić information content (AvgIpc) is 2.67. The molecule has 0 saturated heterocycles. The van der Waals surface area contributed by atoms with Crippen LogP contribution in [0.5, 0.6) is 5.75 Å². The van der Waals surface area contributed by atoms with Crippen molar-refractivity contribution in [2.75, 3.05) is 0 Å². The van der Waals surface area contributed by atoms with E-state index in [2.05, 4.69) is 31.0 Å². The third-order valence-electron chi connectivity index (χ3n) is 3.78. The Morgan fingerprint density at radius 1 is 1.12 bits per heavy atom. The van der Waals surface area contributed by atoms with Crippen LogP contribution in [-0.4, -0.2) is 19.7 Å². The summed E-state index contributed by atoms with van der Waals surface area (Å²) in [6.45, 7) is 0.0763. The van der Waals surface area contributed by atoms with E-state index in [4.69, 9.17) is 4.74 Å². The number of halogens is 1. The van der Waals surface area contributed by atoms with E-state index in [1.165, 1.54) is 6.07 Å². The normalized spacial score (nSPS) is 10.8. The lowest BCUT2D eigenvalue weighted by Crippen LogP contribution is -2.18. The van der Waals surface area contributed by atoms with Gasteiger partial charge in [0.15, 0.2) is 0 Å². The number of fused-ring (bicyclic) bond motifs is 1. The molecule has 0 bridgehead atoms. The van der Waals surface area contributed by atoms with Crippen molar-refractivity contribution >= 4 is 26.8 Å². The van der Waals surface area contributed by atoms with Crippen molar-refractivity contribution in [3.05, 3.63) is 87.6 Å². The largest absolute Gasteiger partial charge is 0.487 e. The highest BCUT2D eigenvalue weighted by Crippen LogP contribution is 2.19. The second-order valence-corrected chi connectivity index (χ2v) is 6.49. The Morgan fingerprint density at radius 3 is 2.92 bits per heavy atom. The lowest BCUT2D eigenvalue weighted by atomic mass is 10.2. The molecular formula is C19H13BrN4O2. The van der Waals surface area contributed by atoms with Gasteiger partial charge in [0.25, 0.3) is 0 Å². The lowest BCUT2D eigenvalue weighted by molar-refractivity contribution is 0.298. The van der Waals surface area contributed by atoms with Crippen LogP contribution in [-0.2, 0) is 6.61 Å². The van der Waals surface area contributed by atoms with Crippen LogP contribution in [0.25, 0.3) is 16.6 Å². The van der Waals surface area contributed by atoms with Gasteiger partial charge in [-0.2, -0.15) is 5.10 Å². The van der Waals surface area contributed by atoms with Crippen molar-refractivity contribution in [2.45, 2.75) is 6.61 Å². The molecule has 0 N–H and O–H groups in total. The van der Waals surface area contributed by atoms with E-state index in [-0.39, 0.29) is 12.0 Å². The van der Waals surface area contributed by atoms with E-state index >= 15 is 0 Å². The molecule has 3 aromatic heterocycles. The summed E-state index contributed by atoms with van der Waals surface area (Å²) in [6, 6.07) is 12.8. The van der Waals surface area contributed by atoms with Crippen LogP contribution in [0.4, 0.5) is 0 Å². The molecule has 0 spiro atoms. The topological polar surface area (TPSA) is 69.9 Å². The van der Waals surface area contributed by atoms with Crippen molar-refractivity contribution in [3.63, 3.8) is 0 Å². The van der Waals surface area contributed by atoms with Gasteiger partial charge in [-0.15, -0.1) is 0 Å². The van der Waals surface area contributed by atoms with Crippen LogP contribution in [0.15, 0.2) is 76.5 Å². The van der Waals surface area contributed by atoms with Crippen molar-refractivity contribution < 1.29 is 4.74 Å². The quantitative estimate of drug-likeness (QED) is 0.516. The summed E-state index contributed by atoms with van der Waals surface area (Å²) < 4.78 is 8.20. The number of aromatic nitrogens is 4. The first-order valence-corrected chi connectivity index (χ1v) is 8.66. The first-order valence-electron chi connectivity index (χ1n) is 7.86. The molecule has 0 radical (unpaired) electrons. The molecule has 0 aliphatic heterocycles. The molecule has 0 amide bonds. The Kier molecular flexibility index (Phi) is 4.45. The summed E-state index contributed by atoms with van der Waals surface area (Å²) in [5.74, 6) is 0.659. The van der Waals surface area contributed by atoms with Gasteiger partial charge in [0, 0.05) is 34.5 Å². The molecule has 128 valence electrons. The van der Waals surface area contributed by atoms with E-state index in [9.17, 15) is 4.79 Å². The second-order valence-electron chi connectivity index (χ2n) is 5.58. The molecule has 0 aliphatic carbocycles. The first-order chi connectivity index (χ1) is 12.7. The molecule has 7 heteroatoms. The number of benzene rings is 1. The summed E-state index contributed by atoms with van der Waals surface area (Å²) in [6.07, 6.45) is 6.71. The maximum absolute atomic E-state index is 12.1. The molecule has 3 heterocycles. The number of nitrogens with zero attached hydrogens (tertiary/aromatic N) is 4.